The fraction of sp³-hybridized carbons (Fsp3) is 0.100. The number of anilines is 1. The maximum Gasteiger partial charge on any atom is 0.280 e. The van der Waals surface area contributed by atoms with Crippen molar-refractivity contribution in [2.45, 2.75) is 6.43 Å². The number of rotatable bonds is 2. The van der Waals surface area contributed by atoms with Crippen LogP contribution in [0.1, 0.15) is 12.1 Å². The van der Waals surface area contributed by atoms with Gasteiger partial charge in [-0.25, -0.2) is 8.78 Å². The molecule has 0 aliphatic rings. The van der Waals surface area contributed by atoms with Crippen LogP contribution >= 0.6 is 11.6 Å². The summed E-state index contributed by atoms with van der Waals surface area (Å²) in [5.74, 6) is 0.0534. The molecule has 2 aromatic rings. The molecule has 0 radical (unpaired) electrons. The van der Waals surface area contributed by atoms with Crippen molar-refractivity contribution in [2.75, 3.05) is 5.73 Å². The van der Waals surface area contributed by atoms with Gasteiger partial charge in [0.25, 0.3) is 6.43 Å². The Hall–Kier alpha value is -1.62. The van der Waals surface area contributed by atoms with Crippen molar-refractivity contribution < 1.29 is 8.78 Å². The first-order valence-corrected chi connectivity index (χ1v) is 4.85. The van der Waals surface area contributed by atoms with E-state index in [0.717, 1.165) is 0 Å². The molecule has 84 valence electrons. The minimum atomic E-state index is -2.64. The highest BCUT2D eigenvalue weighted by atomic mass is 35.5. The van der Waals surface area contributed by atoms with Crippen LogP contribution < -0.4 is 5.73 Å². The second kappa shape index (κ2) is 4.09. The number of nitrogens with one attached hydrogen (secondary N) is 1. The van der Waals surface area contributed by atoms with Gasteiger partial charge in [-0.15, -0.1) is 0 Å². The molecular formula is C10H8ClF2N3. The Morgan fingerprint density at radius 1 is 1.25 bits per heavy atom. The molecule has 3 N–H and O–H groups in total. The average molecular weight is 244 g/mol. The molecule has 6 heteroatoms. The molecule has 1 heterocycles. The predicted octanol–water partition coefficient (Wildman–Crippen LogP) is 3.25. The van der Waals surface area contributed by atoms with Gasteiger partial charge in [-0.2, -0.15) is 5.10 Å². The van der Waals surface area contributed by atoms with E-state index in [4.69, 9.17) is 17.3 Å². The number of nitrogens with two attached hydrogens (primary N) is 1. The molecule has 16 heavy (non-hydrogen) atoms. The van der Waals surface area contributed by atoms with Crippen molar-refractivity contribution in [2.24, 2.45) is 0 Å². The summed E-state index contributed by atoms with van der Waals surface area (Å²) in [6, 6.07) is 6.46. The Bertz CT molecular complexity index is 493. The van der Waals surface area contributed by atoms with Crippen LogP contribution in [0.25, 0.3) is 11.1 Å². The lowest BCUT2D eigenvalue weighted by Crippen LogP contribution is -1.91. The van der Waals surface area contributed by atoms with E-state index in [0.29, 0.717) is 10.6 Å². The molecule has 1 aromatic carbocycles. The van der Waals surface area contributed by atoms with E-state index in [1.165, 1.54) is 0 Å². The maximum absolute atomic E-state index is 12.7. The van der Waals surface area contributed by atoms with Crippen LogP contribution in [0.5, 0.6) is 0 Å². The summed E-state index contributed by atoms with van der Waals surface area (Å²) in [5.41, 5.74) is 6.05. The van der Waals surface area contributed by atoms with Crippen LogP contribution in [-0.4, -0.2) is 10.2 Å². The zero-order valence-electron chi connectivity index (χ0n) is 8.05. The quantitative estimate of drug-likeness (QED) is 0.851. The first-order valence-electron chi connectivity index (χ1n) is 4.47. The summed E-state index contributed by atoms with van der Waals surface area (Å²) in [6.07, 6.45) is -2.64. The lowest BCUT2D eigenvalue weighted by molar-refractivity contribution is 0.146. The summed E-state index contributed by atoms with van der Waals surface area (Å²) in [7, 11) is 0. The first-order chi connectivity index (χ1) is 7.59. The minimum absolute atomic E-state index is 0.0534. The van der Waals surface area contributed by atoms with Gasteiger partial charge >= 0.3 is 0 Å². The lowest BCUT2D eigenvalue weighted by atomic mass is 10.1. The normalized spacial score (nSPS) is 11.0. The Balaban J connectivity index is 2.54. The van der Waals surface area contributed by atoms with Gasteiger partial charge < -0.3 is 5.73 Å². The van der Waals surface area contributed by atoms with Crippen LogP contribution in [0.4, 0.5) is 14.6 Å². The number of aromatic amines is 1. The molecule has 0 aliphatic heterocycles. The molecule has 0 aliphatic carbocycles. The number of nitrogen functional groups attached to an aromatic ring is 1. The Morgan fingerprint density at radius 3 is 2.44 bits per heavy atom. The minimum Gasteiger partial charge on any atom is -0.382 e. The number of hydrogen-bond acceptors (Lipinski definition) is 2. The van der Waals surface area contributed by atoms with Crippen molar-refractivity contribution in [1.29, 1.82) is 0 Å². The van der Waals surface area contributed by atoms with Crippen molar-refractivity contribution in [3.63, 3.8) is 0 Å². The molecule has 3 nitrogen and oxygen atoms in total. The van der Waals surface area contributed by atoms with Crippen LogP contribution in [-0.2, 0) is 0 Å². The molecule has 0 saturated carbocycles. The molecule has 2 rings (SSSR count). The third-order valence-corrected chi connectivity index (χ3v) is 2.43. The Morgan fingerprint density at radius 2 is 1.88 bits per heavy atom. The lowest BCUT2D eigenvalue weighted by Gasteiger charge is -2.03. The third-order valence-electron chi connectivity index (χ3n) is 2.17. The van der Waals surface area contributed by atoms with Crippen LogP contribution in [0.3, 0.4) is 0 Å². The van der Waals surface area contributed by atoms with Gasteiger partial charge in [0.1, 0.15) is 5.69 Å². The zero-order chi connectivity index (χ0) is 11.7. The van der Waals surface area contributed by atoms with Gasteiger partial charge in [0, 0.05) is 5.02 Å². The fourth-order valence-corrected chi connectivity index (χ4v) is 1.57. The Labute approximate surface area is 95.2 Å². The third kappa shape index (κ3) is 1.86. The number of alkyl halides is 2. The second-order valence-corrected chi connectivity index (χ2v) is 3.64. The van der Waals surface area contributed by atoms with E-state index in [1.54, 1.807) is 24.3 Å². The fourth-order valence-electron chi connectivity index (χ4n) is 1.45. The van der Waals surface area contributed by atoms with E-state index in [1.807, 2.05) is 0 Å². The number of aromatic nitrogens is 2. The highest BCUT2D eigenvalue weighted by Gasteiger charge is 2.20. The highest BCUT2D eigenvalue weighted by Crippen LogP contribution is 2.33. The Kier molecular flexibility index (Phi) is 2.78. The van der Waals surface area contributed by atoms with E-state index >= 15 is 0 Å². The van der Waals surface area contributed by atoms with E-state index < -0.39 is 6.43 Å². The van der Waals surface area contributed by atoms with Gasteiger partial charge in [-0.3, -0.25) is 5.10 Å². The number of benzene rings is 1. The molecule has 0 atom stereocenters. The molecular weight excluding hydrogens is 236 g/mol. The van der Waals surface area contributed by atoms with Gasteiger partial charge in [0.05, 0.1) is 5.56 Å². The van der Waals surface area contributed by atoms with Gasteiger partial charge in [-0.05, 0) is 17.7 Å². The van der Waals surface area contributed by atoms with E-state index in [2.05, 4.69) is 10.2 Å². The maximum atomic E-state index is 12.7. The second-order valence-electron chi connectivity index (χ2n) is 3.21. The van der Waals surface area contributed by atoms with Gasteiger partial charge in [0.15, 0.2) is 5.82 Å². The molecule has 0 saturated heterocycles. The summed E-state index contributed by atoms with van der Waals surface area (Å²) in [6.45, 7) is 0. The van der Waals surface area contributed by atoms with Crippen LogP contribution in [0.2, 0.25) is 5.02 Å². The topological polar surface area (TPSA) is 54.7 Å². The molecule has 1 aromatic heterocycles. The zero-order valence-corrected chi connectivity index (χ0v) is 8.80. The highest BCUT2D eigenvalue weighted by molar-refractivity contribution is 6.30. The number of H-pyrrole nitrogens is 1. The van der Waals surface area contributed by atoms with Crippen molar-refractivity contribution in [3.05, 3.63) is 35.0 Å². The molecule has 0 unspecified atom stereocenters. The van der Waals surface area contributed by atoms with E-state index in [-0.39, 0.29) is 17.1 Å². The van der Waals surface area contributed by atoms with Gasteiger partial charge in [0.2, 0.25) is 0 Å². The summed E-state index contributed by atoms with van der Waals surface area (Å²) in [5, 5.41) is 6.34. The molecule has 0 bridgehead atoms. The number of hydrogen-bond donors (Lipinski definition) is 2. The predicted molar refractivity (Wildman–Crippen MR) is 58.4 cm³/mol. The average Bonchev–Trinajstić information content (AvgIpc) is 2.62. The molecule has 0 spiro atoms. The smallest absolute Gasteiger partial charge is 0.280 e. The van der Waals surface area contributed by atoms with Gasteiger partial charge in [-0.1, -0.05) is 23.7 Å². The molecule has 0 fully saturated rings. The van der Waals surface area contributed by atoms with Crippen LogP contribution in [0, 0.1) is 0 Å². The van der Waals surface area contributed by atoms with Crippen molar-refractivity contribution >= 4 is 17.4 Å². The molecule has 0 amide bonds. The summed E-state index contributed by atoms with van der Waals surface area (Å²) in [4.78, 5) is 0. The summed E-state index contributed by atoms with van der Waals surface area (Å²) >= 11 is 5.71. The number of nitrogens with zero attached hydrogens (tertiary/aromatic N) is 1. The van der Waals surface area contributed by atoms with Crippen molar-refractivity contribution in [1.82, 2.24) is 10.2 Å². The first kappa shape index (κ1) is 10.9. The van der Waals surface area contributed by atoms with E-state index in [9.17, 15) is 8.78 Å². The standard InChI is InChI=1S/C10H8ClF2N3/c11-6-3-1-5(2-4-6)7-8(9(12)13)15-16-10(7)14/h1-4,9H,(H3,14,15,16). The van der Waals surface area contributed by atoms with Crippen LogP contribution in [0.15, 0.2) is 24.3 Å². The largest absolute Gasteiger partial charge is 0.382 e. The number of halogens is 3. The monoisotopic (exact) mass is 243 g/mol. The summed E-state index contributed by atoms with van der Waals surface area (Å²) < 4.78 is 25.3. The SMILES string of the molecule is Nc1n[nH]c(C(F)F)c1-c1ccc(Cl)cc1. The van der Waals surface area contributed by atoms with Crippen molar-refractivity contribution in [3.8, 4) is 11.1 Å².